The topological polar surface area (TPSA) is 116 Å². The summed E-state index contributed by atoms with van der Waals surface area (Å²) in [7, 11) is 0. The summed E-state index contributed by atoms with van der Waals surface area (Å²) in [5, 5.41) is 23.8. The van der Waals surface area contributed by atoms with E-state index in [0.717, 1.165) is 56.3 Å². The standard InChI is InChI=1S/C22H35N5O3/c1-5-12-27-17-15(16(25-19(27)29)23-14(13-28)20(2,3)4)24-18(26-17)21-6-9-22(30,10-7-21)11-8-21/h14,28,30H,5-13H2,1-4H3,(H,24,26)(H,23,25,29)/t14-,21?,22?/m0/s1. The van der Waals surface area contributed by atoms with Crippen LogP contribution >= 0.6 is 0 Å². The number of aryl methyl sites for hydroxylation is 1. The molecule has 166 valence electrons. The Labute approximate surface area is 177 Å². The molecule has 0 unspecified atom stereocenters. The Kier molecular flexibility index (Phi) is 5.21. The van der Waals surface area contributed by atoms with Gasteiger partial charge in [0.2, 0.25) is 0 Å². The lowest BCUT2D eigenvalue weighted by atomic mass is 9.58. The second-order valence-corrected chi connectivity index (χ2v) is 10.4. The van der Waals surface area contributed by atoms with Crippen LogP contribution < -0.4 is 11.0 Å². The molecular formula is C22H35N5O3. The van der Waals surface area contributed by atoms with E-state index in [0.29, 0.717) is 18.0 Å². The van der Waals surface area contributed by atoms with E-state index >= 15 is 0 Å². The van der Waals surface area contributed by atoms with Crippen LogP contribution in [0.15, 0.2) is 4.79 Å². The first-order valence-corrected chi connectivity index (χ1v) is 11.2. The number of nitrogens with one attached hydrogen (secondary N) is 2. The summed E-state index contributed by atoms with van der Waals surface area (Å²) in [5.74, 6) is 1.35. The van der Waals surface area contributed by atoms with Gasteiger partial charge in [-0.25, -0.2) is 9.78 Å². The van der Waals surface area contributed by atoms with Crippen molar-refractivity contribution in [3.63, 3.8) is 0 Å². The van der Waals surface area contributed by atoms with Crippen LogP contribution in [-0.2, 0) is 12.0 Å². The van der Waals surface area contributed by atoms with Crippen LogP contribution in [0.5, 0.6) is 0 Å². The van der Waals surface area contributed by atoms with Gasteiger partial charge in [-0.2, -0.15) is 4.98 Å². The zero-order chi connectivity index (χ0) is 21.7. The Morgan fingerprint density at radius 2 is 1.80 bits per heavy atom. The van der Waals surface area contributed by atoms with Gasteiger partial charge in [0.1, 0.15) is 11.3 Å². The highest BCUT2D eigenvalue weighted by atomic mass is 16.3. The first-order chi connectivity index (χ1) is 14.1. The van der Waals surface area contributed by atoms with Crippen molar-refractivity contribution in [2.75, 3.05) is 11.9 Å². The van der Waals surface area contributed by atoms with Gasteiger partial charge in [0.25, 0.3) is 0 Å². The summed E-state index contributed by atoms with van der Waals surface area (Å²) in [5.41, 5.74) is 0.235. The van der Waals surface area contributed by atoms with Gasteiger partial charge in [0.15, 0.2) is 11.5 Å². The molecule has 8 nitrogen and oxygen atoms in total. The number of rotatable bonds is 6. The molecule has 8 heteroatoms. The number of hydrogen-bond donors (Lipinski definition) is 4. The van der Waals surface area contributed by atoms with E-state index in [1.54, 1.807) is 4.57 Å². The molecule has 30 heavy (non-hydrogen) atoms. The van der Waals surface area contributed by atoms with Crippen molar-refractivity contribution in [2.45, 2.75) is 96.2 Å². The number of hydrogen-bond acceptors (Lipinski definition) is 6. The van der Waals surface area contributed by atoms with Crippen molar-refractivity contribution in [3.05, 3.63) is 16.3 Å². The molecule has 2 aromatic rings. The average Bonchev–Trinajstić information content (AvgIpc) is 3.15. The number of aliphatic hydroxyl groups is 2. The van der Waals surface area contributed by atoms with Crippen LogP contribution in [0.1, 0.15) is 78.5 Å². The highest BCUT2D eigenvalue weighted by Gasteiger charge is 2.50. The van der Waals surface area contributed by atoms with Gasteiger partial charge >= 0.3 is 5.69 Å². The van der Waals surface area contributed by atoms with Crippen LogP contribution in [0.3, 0.4) is 0 Å². The smallest absolute Gasteiger partial charge is 0.351 e. The maximum Gasteiger partial charge on any atom is 0.351 e. The van der Waals surface area contributed by atoms with Crippen LogP contribution in [-0.4, -0.2) is 48.0 Å². The number of fused-ring (bicyclic) bond motifs is 4. The van der Waals surface area contributed by atoms with Gasteiger partial charge in [-0.05, 0) is 50.4 Å². The fourth-order valence-corrected chi connectivity index (χ4v) is 5.03. The molecule has 0 saturated heterocycles. The van der Waals surface area contributed by atoms with E-state index < -0.39 is 5.60 Å². The maximum absolute atomic E-state index is 12.8. The third-order valence-corrected chi connectivity index (χ3v) is 7.31. The molecule has 2 aromatic heterocycles. The zero-order valence-corrected chi connectivity index (χ0v) is 18.6. The predicted molar refractivity (Wildman–Crippen MR) is 117 cm³/mol. The molecule has 0 spiro atoms. The van der Waals surface area contributed by atoms with E-state index in [-0.39, 0.29) is 29.2 Å². The molecule has 2 bridgehead atoms. The summed E-state index contributed by atoms with van der Waals surface area (Å²) in [4.78, 5) is 25.6. The third kappa shape index (κ3) is 3.54. The van der Waals surface area contributed by atoms with Crippen LogP contribution in [0.25, 0.3) is 11.2 Å². The van der Waals surface area contributed by atoms with Gasteiger partial charge < -0.3 is 20.5 Å². The van der Waals surface area contributed by atoms with E-state index in [1.807, 2.05) is 27.7 Å². The molecule has 0 amide bonds. The van der Waals surface area contributed by atoms with Crippen molar-refractivity contribution in [1.82, 2.24) is 19.5 Å². The molecule has 0 aromatic carbocycles. The first kappa shape index (κ1) is 21.3. The molecule has 0 radical (unpaired) electrons. The van der Waals surface area contributed by atoms with Gasteiger partial charge in [-0.15, -0.1) is 0 Å². The lowest BCUT2D eigenvalue weighted by Crippen LogP contribution is -2.48. The summed E-state index contributed by atoms with van der Waals surface area (Å²) in [6, 6.07) is -0.251. The second kappa shape index (κ2) is 7.34. The third-order valence-electron chi connectivity index (χ3n) is 7.31. The minimum atomic E-state index is -0.507. The highest BCUT2D eigenvalue weighted by Crippen LogP contribution is 2.53. The first-order valence-electron chi connectivity index (χ1n) is 11.2. The second-order valence-electron chi connectivity index (χ2n) is 10.4. The van der Waals surface area contributed by atoms with Crippen molar-refractivity contribution in [2.24, 2.45) is 5.41 Å². The van der Waals surface area contributed by atoms with Crippen molar-refractivity contribution in [3.8, 4) is 0 Å². The predicted octanol–water partition coefficient (Wildman–Crippen LogP) is 2.69. The fourth-order valence-electron chi connectivity index (χ4n) is 5.03. The molecular weight excluding hydrogens is 382 g/mol. The minimum absolute atomic E-state index is 0.0613. The number of H-pyrrole nitrogens is 1. The summed E-state index contributed by atoms with van der Waals surface area (Å²) in [6.45, 7) is 8.65. The number of aromatic amines is 1. The lowest BCUT2D eigenvalue weighted by Gasteiger charge is -2.49. The molecule has 3 fully saturated rings. The SMILES string of the molecule is CCCn1c(=O)nc(N[C@@H](CO)C(C)(C)C)c2[nH]c(C34CCC(O)(CC3)CC4)nc21. The number of imidazole rings is 1. The summed E-state index contributed by atoms with van der Waals surface area (Å²) >= 11 is 0. The Morgan fingerprint density at radius 1 is 1.17 bits per heavy atom. The van der Waals surface area contributed by atoms with Crippen LogP contribution in [0, 0.1) is 5.41 Å². The van der Waals surface area contributed by atoms with Gasteiger partial charge in [-0.1, -0.05) is 27.7 Å². The van der Waals surface area contributed by atoms with Crippen molar-refractivity contribution in [1.29, 1.82) is 0 Å². The molecule has 3 aliphatic rings. The van der Waals surface area contributed by atoms with Gasteiger partial charge in [-0.3, -0.25) is 4.57 Å². The molecule has 2 heterocycles. The number of nitrogens with zero attached hydrogens (tertiary/aromatic N) is 3. The molecule has 3 aliphatic carbocycles. The zero-order valence-electron chi connectivity index (χ0n) is 18.6. The Hall–Kier alpha value is -1.93. The van der Waals surface area contributed by atoms with Crippen molar-refractivity contribution < 1.29 is 10.2 Å². The maximum atomic E-state index is 12.8. The number of aromatic nitrogens is 4. The molecule has 5 rings (SSSR count). The van der Waals surface area contributed by atoms with Crippen LogP contribution in [0.4, 0.5) is 5.82 Å². The van der Waals surface area contributed by atoms with E-state index in [4.69, 9.17) is 4.98 Å². The molecule has 3 saturated carbocycles. The average molecular weight is 418 g/mol. The number of anilines is 1. The van der Waals surface area contributed by atoms with E-state index in [1.165, 1.54) is 0 Å². The monoisotopic (exact) mass is 417 g/mol. The normalized spacial score (nSPS) is 27.5. The van der Waals surface area contributed by atoms with E-state index in [2.05, 4.69) is 15.3 Å². The van der Waals surface area contributed by atoms with Gasteiger partial charge in [0.05, 0.1) is 18.2 Å². The molecule has 1 atom stereocenters. The van der Waals surface area contributed by atoms with E-state index in [9.17, 15) is 15.0 Å². The Bertz CT molecular complexity index is 963. The molecule has 0 aliphatic heterocycles. The van der Waals surface area contributed by atoms with Crippen molar-refractivity contribution >= 4 is 17.0 Å². The van der Waals surface area contributed by atoms with Gasteiger partial charge in [0, 0.05) is 12.0 Å². The Morgan fingerprint density at radius 3 is 2.33 bits per heavy atom. The van der Waals surface area contributed by atoms with Crippen LogP contribution in [0.2, 0.25) is 0 Å². The quantitative estimate of drug-likeness (QED) is 0.574. The fraction of sp³-hybridized carbons (Fsp3) is 0.773. The Balaban J connectivity index is 1.82. The largest absolute Gasteiger partial charge is 0.394 e. The molecule has 4 N–H and O–H groups in total. The minimum Gasteiger partial charge on any atom is -0.394 e. The number of aliphatic hydroxyl groups excluding tert-OH is 1. The highest BCUT2D eigenvalue weighted by molar-refractivity contribution is 5.83. The summed E-state index contributed by atoms with van der Waals surface area (Å²) in [6.07, 6.45) is 5.91. The summed E-state index contributed by atoms with van der Waals surface area (Å²) < 4.78 is 1.64. The lowest BCUT2D eigenvalue weighted by molar-refractivity contribution is -0.0677.